The Bertz CT molecular complexity index is 1340. The molecule has 2 aromatic heterocycles. The van der Waals surface area contributed by atoms with Crippen molar-refractivity contribution in [2.45, 2.75) is 37.8 Å². The largest absolute Gasteiger partial charge is 0.416 e. The molecule has 1 fully saturated rings. The van der Waals surface area contributed by atoms with Crippen LogP contribution in [0.1, 0.15) is 42.0 Å². The van der Waals surface area contributed by atoms with Crippen LogP contribution < -0.4 is 11.2 Å². The van der Waals surface area contributed by atoms with E-state index in [2.05, 4.69) is 4.98 Å². The molecule has 0 spiro atoms. The first-order chi connectivity index (χ1) is 16.1. The maximum atomic E-state index is 12.8. The number of hydrogen-bond donors (Lipinski definition) is 0. The minimum absolute atomic E-state index is 0.0349. The summed E-state index contributed by atoms with van der Waals surface area (Å²) in [4.78, 5) is 43.8. The zero-order valence-corrected chi connectivity index (χ0v) is 18.9. The van der Waals surface area contributed by atoms with Crippen LogP contribution >= 0.6 is 0 Å². The monoisotopic (exact) mass is 474 g/mol. The number of pyridine rings is 1. The molecular formula is C24H25F3N4O3. The SMILES string of the molecule is Cn1c(=O)c2ccc(C3CCCN(C(=O)CCc4ccc(C(F)(F)F)cc4)C3)nc2n(C)c1=O. The van der Waals surface area contributed by atoms with Crippen LogP contribution in [0, 0.1) is 0 Å². The molecule has 0 saturated carbocycles. The Balaban J connectivity index is 1.46. The van der Waals surface area contributed by atoms with E-state index in [0.29, 0.717) is 36.1 Å². The van der Waals surface area contributed by atoms with Gasteiger partial charge in [0.1, 0.15) is 5.65 Å². The predicted molar refractivity (Wildman–Crippen MR) is 121 cm³/mol. The van der Waals surface area contributed by atoms with Crippen molar-refractivity contribution in [3.63, 3.8) is 0 Å². The van der Waals surface area contributed by atoms with Crippen LogP contribution in [0.5, 0.6) is 0 Å². The molecule has 1 atom stereocenters. The molecule has 0 N–H and O–H groups in total. The lowest BCUT2D eigenvalue weighted by atomic mass is 9.93. The fraction of sp³-hybridized carbons (Fsp3) is 0.417. The summed E-state index contributed by atoms with van der Waals surface area (Å²) in [6.07, 6.45) is -2.22. The van der Waals surface area contributed by atoms with Gasteiger partial charge in [-0.2, -0.15) is 13.2 Å². The first-order valence-electron chi connectivity index (χ1n) is 11.1. The number of amides is 1. The average Bonchev–Trinajstić information content (AvgIpc) is 2.84. The van der Waals surface area contributed by atoms with Crippen molar-refractivity contribution in [3.05, 3.63) is 74.1 Å². The summed E-state index contributed by atoms with van der Waals surface area (Å²) in [7, 11) is 2.99. The quantitative estimate of drug-likeness (QED) is 0.583. The van der Waals surface area contributed by atoms with Gasteiger partial charge in [-0.1, -0.05) is 12.1 Å². The summed E-state index contributed by atoms with van der Waals surface area (Å²) in [6.45, 7) is 1.07. The van der Waals surface area contributed by atoms with Crippen molar-refractivity contribution in [2.24, 2.45) is 14.1 Å². The summed E-state index contributed by atoms with van der Waals surface area (Å²) >= 11 is 0. The van der Waals surface area contributed by atoms with E-state index >= 15 is 0 Å². The number of benzene rings is 1. The van der Waals surface area contributed by atoms with E-state index < -0.39 is 23.0 Å². The van der Waals surface area contributed by atoms with Crippen LogP contribution in [0.15, 0.2) is 46.0 Å². The number of alkyl halides is 3. The van der Waals surface area contributed by atoms with Gasteiger partial charge >= 0.3 is 11.9 Å². The number of fused-ring (bicyclic) bond motifs is 1. The molecule has 1 saturated heterocycles. The molecule has 3 aromatic rings. The van der Waals surface area contributed by atoms with E-state index in [-0.39, 0.29) is 18.2 Å². The Morgan fingerprint density at radius 3 is 2.44 bits per heavy atom. The van der Waals surface area contributed by atoms with Crippen molar-refractivity contribution in [3.8, 4) is 0 Å². The first-order valence-corrected chi connectivity index (χ1v) is 11.1. The van der Waals surface area contributed by atoms with Gasteiger partial charge in [0.05, 0.1) is 10.9 Å². The number of piperidine rings is 1. The Morgan fingerprint density at radius 1 is 1.06 bits per heavy atom. The zero-order chi connectivity index (χ0) is 24.6. The van der Waals surface area contributed by atoms with Crippen molar-refractivity contribution < 1.29 is 18.0 Å². The molecule has 0 radical (unpaired) electrons. The number of carbonyl (C=O) groups excluding carboxylic acids is 1. The number of likely N-dealkylation sites (tertiary alicyclic amines) is 1. The van der Waals surface area contributed by atoms with Crippen LogP contribution in [0.2, 0.25) is 0 Å². The molecule has 3 heterocycles. The zero-order valence-electron chi connectivity index (χ0n) is 18.9. The Labute approximate surface area is 193 Å². The Kier molecular flexibility index (Phi) is 6.33. The summed E-state index contributed by atoms with van der Waals surface area (Å²) in [5.41, 5.74) is 0.146. The summed E-state index contributed by atoms with van der Waals surface area (Å²) in [5, 5.41) is 0.355. The molecule has 1 aliphatic heterocycles. The van der Waals surface area contributed by atoms with Crippen LogP contribution in [-0.2, 0) is 31.5 Å². The van der Waals surface area contributed by atoms with Gasteiger partial charge in [0.25, 0.3) is 5.56 Å². The lowest BCUT2D eigenvalue weighted by Crippen LogP contribution is -2.40. The maximum Gasteiger partial charge on any atom is 0.416 e. The van der Waals surface area contributed by atoms with Crippen molar-refractivity contribution in [1.29, 1.82) is 0 Å². The summed E-state index contributed by atoms with van der Waals surface area (Å²) < 4.78 is 40.5. The van der Waals surface area contributed by atoms with E-state index in [9.17, 15) is 27.6 Å². The van der Waals surface area contributed by atoms with Crippen molar-refractivity contribution in [2.75, 3.05) is 13.1 Å². The molecule has 34 heavy (non-hydrogen) atoms. The fourth-order valence-electron chi connectivity index (χ4n) is 4.41. The summed E-state index contributed by atoms with van der Waals surface area (Å²) in [5.74, 6) is -0.0982. The molecule has 0 aliphatic carbocycles. The number of aryl methyl sites for hydroxylation is 2. The molecule has 1 aromatic carbocycles. The molecular weight excluding hydrogens is 449 g/mol. The highest BCUT2D eigenvalue weighted by molar-refractivity contribution is 5.77. The smallest absolute Gasteiger partial charge is 0.342 e. The van der Waals surface area contributed by atoms with E-state index in [1.807, 2.05) is 0 Å². The topological polar surface area (TPSA) is 77.2 Å². The van der Waals surface area contributed by atoms with E-state index in [1.54, 1.807) is 24.1 Å². The average molecular weight is 474 g/mol. The molecule has 0 bridgehead atoms. The standard InChI is InChI=1S/C24H25F3N4O3/c1-29-21-18(22(33)30(2)23(29)34)10-11-19(28-21)16-4-3-13-31(14-16)20(32)12-7-15-5-8-17(9-6-15)24(25,26)27/h5-6,8-11,16H,3-4,7,12-14H2,1-2H3. The number of carbonyl (C=O) groups is 1. The predicted octanol–water partition coefficient (Wildman–Crippen LogP) is 2.99. The third-order valence-electron chi connectivity index (χ3n) is 6.42. The highest BCUT2D eigenvalue weighted by Gasteiger charge is 2.30. The van der Waals surface area contributed by atoms with Gasteiger partial charge in [-0.05, 0) is 49.1 Å². The van der Waals surface area contributed by atoms with Crippen LogP contribution in [0.25, 0.3) is 11.0 Å². The number of nitrogens with zero attached hydrogens (tertiary/aromatic N) is 4. The molecule has 1 unspecified atom stereocenters. The van der Waals surface area contributed by atoms with Gasteiger partial charge in [-0.3, -0.25) is 18.7 Å². The number of halogens is 3. The Hall–Kier alpha value is -3.43. The summed E-state index contributed by atoms with van der Waals surface area (Å²) in [6, 6.07) is 8.32. The third kappa shape index (κ3) is 4.62. The second-order valence-electron chi connectivity index (χ2n) is 8.69. The molecule has 180 valence electrons. The lowest BCUT2D eigenvalue weighted by Gasteiger charge is -2.32. The number of hydrogen-bond acceptors (Lipinski definition) is 4. The normalized spacial score (nSPS) is 16.7. The second kappa shape index (κ2) is 9.08. The van der Waals surface area contributed by atoms with Gasteiger partial charge in [0, 0.05) is 45.2 Å². The van der Waals surface area contributed by atoms with Crippen molar-refractivity contribution in [1.82, 2.24) is 19.0 Å². The molecule has 7 nitrogen and oxygen atoms in total. The first kappa shape index (κ1) is 23.7. The van der Waals surface area contributed by atoms with Gasteiger partial charge in [-0.15, -0.1) is 0 Å². The minimum Gasteiger partial charge on any atom is -0.342 e. The number of rotatable bonds is 4. The van der Waals surface area contributed by atoms with Crippen LogP contribution in [-0.4, -0.2) is 38.0 Å². The van der Waals surface area contributed by atoms with Gasteiger partial charge < -0.3 is 4.90 Å². The highest BCUT2D eigenvalue weighted by atomic mass is 19.4. The van der Waals surface area contributed by atoms with Crippen LogP contribution in [0.3, 0.4) is 0 Å². The molecule has 1 amide bonds. The lowest BCUT2D eigenvalue weighted by molar-refractivity contribution is -0.137. The second-order valence-corrected chi connectivity index (χ2v) is 8.69. The molecule has 1 aliphatic rings. The molecule has 4 rings (SSSR count). The van der Waals surface area contributed by atoms with Crippen LogP contribution in [0.4, 0.5) is 13.2 Å². The highest BCUT2D eigenvalue weighted by Crippen LogP contribution is 2.30. The third-order valence-corrected chi connectivity index (χ3v) is 6.42. The van der Waals surface area contributed by atoms with Gasteiger partial charge in [-0.25, -0.2) is 9.78 Å². The van der Waals surface area contributed by atoms with Crippen molar-refractivity contribution >= 4 is 16.9 Å². The van der Waals surface area contributed by atoms with E-state index in [4.69, 9.17) is 0 Å². The van der Waals surface area contributed by atoms with E-state index in [1.165, 1.54) is 23.7 Å². The Morgan fingerprint density at radius 2 is 1.76 bits per heavy atom. The maximum absolute atomic E-state index is 12.8. The van der Waals surface area contributed by atoms with Gasteiger partial charge in [0.15, 0.2) is 0 Å². The van der Waals surface area contributed by atoms with Gasteiger partial charge in [0.2, 0.25) is 5.91 Å². The minimum atomic E-state index is -4.38. The number of aromatic nitrogens is 3. The van der Waals surface area contributed by atoms with E-state index in [0.717, 1.165) is 35.2 Å². The fourth-order valence-corrected chi connectivity index (χ4v) is 4.41. The molecule has 10 heteroatoms.